The third kappa shape index (κ3) is 4.54. The maximum absolute atomic E-state index is 13.2. The fraction of sp³-hybridized carbons (Fsp3) is 0.429. The van der Waals surface area contributed by atoms with Crippen molar-refractivity contribution >= 4 is 43.9 Å². The summed E-state index contributed by atoms with van der Waals surface area (Å²) in [6.45, 7) is 9.76. The highest BCUT2D eigenvalue weighted by Crippen LogP contribution is 2.36. The Hall–Kier alpha value is -1.96. The van der Waals surface area contributed by atoms with E-state index in [-0.39, 0.29) is 5.91 Å². The van der Waals surface area contributed by atoms with Crippen molar-refractivity contribution in [2.75, 3.05) is 38.2 Å². The molecule has 2 heterocycles. The lowest BCUT2D eigenvalue weighted by molar-refractivity contribution is -0.118. The van der Waals surface area contributed by atoms with Gasteiger partial charge in [0.15, 0.2) is 5.13 Å². The number of hydrogen-bond donors (Lipinski definition) is 0. The molecule has 3 rings (SSSR count). The highest BCUT2D eigenvalue weighted by Gasteiger charge is 2.22. The summed E-state index contributed by atoms with van der Waals surface area (Å²) in [5.74, 6) is 0.836. The van der Waals surface area contributed by atoms with Gasteiger partial charge < -0.3 is 9.64 Å². The second-order valence-electron chi connectivity index (χ2n) is 6.59. The summed E-state index contributed by atoms with van der Waals surface area (Å²) in [5.41, 5.74) is 1.98. The van der Waals surface area contributed by atoms with Crippen LogP contribution in [-0.2, 0) is 11.2 Å². The fourth-order valence-corrected chi connectivity index (χ4v) is 4.94. The van der Waals surface area contributed by atoms with Gasteiger partial charge >= 0.3 is 0 Å². The molecule has 2 aromatic heterocycles. The average Bonchev–Trinajstić information content (AvgIpc) is 3.36. The molecule has 28 heavy (non-hydrogen) atoms. The molecule has 0 spiro atoms. The molecular weight excluding hydrogens is 390 g/mol. The Labute approximate surface area is 174 Å². The molecule has 3 aromatic rings. The number of ether oxygens (including phenoxy) is 1. The topological polar surface area (TPSA) is 45.7 Å². The van der Waals surface area contributed by atoms with Crippen molar-refractivity contribution < 1.29 is 9.53 Å². The number of hydrogen-bond acceptors (Lipinski definition) is 6. The lowest BCUT2D eigenvalue weighted by atomic mass is 10.2. The zero-order chi connectivity index (χ0) is 20.1. The van der Waals surface area contributed by atoms with Crippen LogP contribution in [0.25, 0.3) is 10.2 Å². The Balaban J connectivity index is 1.94. The zero-order valence-electron chi connectivity index (χ0n) is 16.9. The molecule has 150 valence electrons. The summed E-state index contributed by atoms with van der Waals surface area (Å²) >= 11 is 3.18. The van der Waals surface area contributed by atoms with E-state index in [0.29, 0.717) is 13.0 Å². The van der Waals surface area contributed by atoms with Gasteiger partial charge in [0.05, 0.1) is 18.2 Å². The Bertz CT molecular complexity index is 917. The molecule has 0 atom stereocenters. The number of anilines is 1. The number of carbonyl (C=O) groups excluding carboxylic acids is 1. The number of aromatic nitrogens is 1. The van der Waals surface area contributed by atoms with E-state index in [1.54, 1.807) is 29.8 Å². The Morgan fingerprint density at radius 2 is 1.96 bits per heavy atom. The number of methoxy groups -OCH3 is 1. The molecule has 0 saturated carbocycles. The SMILES string of the molecule is CCN(CC)CCN(C(=O)Cc1cccs1)c1nc2c(OC)ccc(C)c2s1. The second kappa shape index (κ2) is 9.49. The standard InChI is InChI=1S/C21H27N3O2S2/c1-5-23(6-2)11-12-24(18(25)14-16-8-7-13-27-16)21-22-19-17(26-4)10-9-15(3)20(19)28-21/h7-10,13H,5-6,11-12,14H2,1-4H3. The van der Waals surface area contributed by atoms with Crippen LogP contribution in [0.3, 0.4) is 0 Å². The molecule has 0 fully saturated rings. The summed E-state index contributed by atoms with van der Waals surface area (Å²) in [6, 6.07) is 7.97. The summed E-state index contributed by atoms with van der Waals surface area (Å²) in [4.78, 5) is 23.2. The highest BCUT2D eigenvalue weighted by atomic mass is 32.1. The Kier molecular flexibility index (Phi) is 7.04. The predicted molar refractivity (Wildman–Crippen MR) is 119 cm³/mol. The van der Waals surface area contributed by atoms with Gasteiger partial charge in [-0.1, -0.05) is 37.3 Å². The molecule has 0 saturated heterocycles. The first-order chi connectivity index (χ1) is 13.6. The van der Waals surface area contributed by atoms with E-state index in [2.05, 4.69) is 25.7 Å². The monoisotopic (exact) mass is 417 g/mol. The van der Waals surface area contributed by atoms with Crippen molar-refractivity contribution in [3.8, 4) is 5.75 Å². The first-order valence-corrected chi connectivity index (χ1v) is 11.3. The van der Waals surface area contributed by atoms with E-state index in [1.807, 2.05) is 34.5 Å². The van der Waals surface area contributed by atoms with Crippen LogP contribution in [0.4, 0.5) is 5.13 Å². The largest absolute Gasteiger partial charge is 0.494 e. The van der Waals surface area contributed by atoms with Crippen LogP contribution in [0.2, 0.25) is 0 Å². The zero-order valence-corrected chi connectivity index (χ0v) is 18.5. The minimum atomic E-state index is 0.0882. The molecule has 0 aliphatic heterocycles. The fourth-order valence-electron chi connectivity index (χ4n) is 3.14. The summed E-state index contributed by atoms with van der Waals surface area (Å²) in [7, 11) is 1.66. The van der Waals surface area contributed by atoms with Crippen LogP contribution in [-0.4, -0.2) is 49.1 Å². The van der Waals surface area contributed by atoms with Crippen LogP contribution in [0.5, 0.6) is 5.75 Å². The van der Waals surface area contributed by atoms with Crippen LogP contribution in [0.1, 0.15) is 24.3 Å². The lowest BCUT2D eigenvalue weighted by Gasteiger charge is -2.24. The van der Waals surface area contributed by atoms with E-state index >= 15 is 0 Å². The number of amides is 1. The van der Waals surface area contributed by atoms with Gasteiger partial charge in [0.2, 0.25) is 5.91 Å². The van der Waals surface area contributed by atoms with E-state index < -0.39 is 0 Å². The second-order valence-corrected chi connectivity index (χ2v) is 8.60. The normalized spacial score (nSPS) is 11.3. The molecule has 0 aliphatic carbocycles. The van der Waals surface area contributed by atoms with Gasteiger partial charge in [-0.15, -0.1) is 11.3 Å². The minimum Gasteiger partial charge on any atom is -0.494 e. The number of likely N-dealkylation sites (N-methyl/N-ethyl adjacent to an activating group) is 1. The van der Waals surface area contributed by atoms with Gasteiger partial charge in [-0.2, -0.15) is 0 Å². The number of thiazole rings is 1. The number of fused-ring (bicyclic) bond motifs is 1. The molecule has 0 aliphatic rings. The number of nitrogens with zero attached hydrogens (tertiary/aromatic N) is 3. The van der Waals surface area contributed by atoms with Crippen LogP contribution >= 0.6 is 22.7 Å². The number of aryl methyl sites for hydroxylation is 1. The van der Waals surface area contributed by atoms with E-state index in [1.165, 1.54) is 0 Å². The maximum atomic E-state index is 13.2. The van der Waals surface area contributed by atoms with Crippen molar-refractivity contribution in [1.29, 1.82) is 0 Å². The molecule has 7 heteroatoms. The van der Waals surface area contributed by atoms with Crippen molar-refractivity contribution in [3.05, 3.63) is 40.1 Å². The molecule has 5 nitrogen and oxygen atoms in total. The van der Waals surface area contributed by atoms with Crippen LogP contribution in [0, 0.1) is 6.92 Å². The van der Waals surface area contributed by atoms with Crippen molar-refractivity contribution in [3.63, 3.8) is 0 Å². The van der Waals surface area contributed by atoms with Crippen molar-refractivity contribution in [2.24, 2.45) is 0 Å². The Morgan fingerprint density at radius 3 is 2.61 bits per heavy atom. The van der Waals surface area contributed by atoms with Crippen molar-refractivity contribution in [1.82, 2.24) is 9.88 Å². The van der Waals surface area contributed by atoms with Crippen LogP contribution in [0.15, 0.2) is 29.6 Å². The third-order valence-corrected chi connectivity index (χ3v) is 6.97. The highest BCUT2D eigenvalue weighted by molar-refractivity contribution is 7.22. The molecule has 1 amide bonds. The van der Waals surface area contributed by atoms with Gasteiger partial charge in [-0.3, -0.25) is 9.69 Å². The average molecular weight is 418 g/mol. The number of thiophene rings is 1. The van der Waals surface area contributed by atoms with E-state index in [9.17, 15) is 4.79 Å². The van der Waals surface area contributed by atoms with E-state index in [0.717, 1.165) is 51.2 Å². The van der Waals surface area contributed by atoms with Crippen molar-refractivity contribution in [2.45, 2.75) is 27.2 Å². The maximum Gasteiger partial charge on any atom is 0.234 e. The van der Waals surface area contributed by atoms with Gasteiger partial charge in [-0.25, -0.2) is 4.98 Å². The molecule has 0 unspecified atom stereocenters. The Morgan fingerprint density at radius 1 is 1.18 bits per heavy atom. The molecule has 0 radical (unpaired) electrons. The van der Waals surface area contributed by atoms with Gasteiger partial charge in [0, 0.05) is 18.0 Å². The van der Waals surface area contributed by atoms with Gasteiger partial charge in [0.25, 0.3) is 0 Å². The van der Waals surface area contributed by atoms with Crippen LogP contribution < -0.4 is 9.64 Å². The van der Waals surface area contributed by atoms with E-state index in [4.69, 9.17) is 9.72 Å². The molecule has 1 aromatic carbocycles. The molecule has 0 bridgehead atoms. The predicted octanol–water partition coefficient (Wildman–Crippen LogP) is 4.59. The number of carbonyl (C=O) groups is 1. The quantitative estimate of drug-likeness (QED) is 0.511. The van der Waals surface area contributed by atoms with Gasteiger partial charge in [-0.05, 0) is 43.1 Å². The molecule has 0 N–H and O–H groups in total. The summed E-state index contributed by atoms with van der Waals surface area (Å²) in [5, 5.41) is 2.76. The lowest BCUT2D eigenvalue weighted by Crippen LogP contribution is -2.39. The first-order valence-electron chi connectivity index (χ1n) is 9.56. The summed E-state index contributed by atoms with van der Waals surface area (Å²) < 4.78 is 6.56. The molecular formula is C21H27N3O2S2. The third-order valence-electron chi connectivity index (χ3n) is 4.88. The van der Waals surface area contributed by atoms with Gasteiger partial charge in [0.1, 0.15) is 11.3 Å². The number of rotatable bonds is 9. The number of benzene rings is 1. The smallest absolute Gasteiger partial charge is 0.234 e. The summed E-state index contributed by atoms with van der Waals surface area (Å²) in [6.07, 6.45) is 0.405. The minimum absolute atomic E-state index is 0.0882. The first kappa shape index (κ1) is 20.8.